The number of halogens is 4. The first-order valence-corrected chi connectivity index (χ1v) is 9.96. The molecule has 1 heterocycles. The molecule has 0 aliphatic heterocycles. The third-order valence-corrected chi connectivity index (χ3v) is 6.69. The highest BCUT2D eigenvalue weighted by Gasteiger charge is 2.34. The normalized spacial score (nSPS) is 13.0. The summed E-state index contributed by atoms with van der Waals surface area (Å²) in [5, 5.41) is 0. The Morgan fingerprint density at radius 1 is 1.31 bits per heavy atom. The minimum atomic E-state index is -4.55. The van der Waals surface area contributed by atoms with Crippen LogP contribution in [0.1, 0.15) is 31.1 Å². The van der Waals surface area contributed by atoms with E-state index in [1.54, 1.807) is 20.8 Å². The molecule has 0 unspecified atom stereocenters. The van der Waals surface area contributed by atoms with Crippen molar-refractivity contribution in [2.24, 2.45) is 0 Å². The van der Waals surface area contributed by atoms with Crippen LogP contribution in [0.3, 0.4) is 0 Å². The van der Waals surface area contributed by atoms with Crippen molar-refractivity contribution in [3.8, 4) is 0 Å². The Morgan fingerprint density at radius 3 is 2.42 bits per heavy atom. The lowest BCUT2D eigenvalue weighted by Crippen LogP contribution is -2.38. The molecule has 5 nitrogen and oxygen atoms in total. The van der Waals surface area contributed by atoms with Crippen LogP contribution >= 0.6 is 15.9 Å². The number of rotatable bonds is 6. The van der Waals surface area contributed by atoms with Crippen LogP contribution in [0.15, 0.2) is 38.2 Å². The second kappa shape index (κ2) is 7.69. The molecule has 0 radical (unpaired) electrons. The zero-order valence-electron chi connectivity index (χ0n) is 14.3. The van der Waals surface area contributed by atoms with Gasteiger partial charge in [-0.3, -0.25) is 0 Å². The van der Waals surface area contributed by atoms with Crippen molar-refractivity contribution in [2.45, 2.75) is 44.3 Å². The summed E-state index contributed by atoms with van der Waals surface area (Å²) in [4.78, 5) is 3.82. The Hall–Kier alpha value is -1.39. The molecule has 0 atom stereocenters. The zero-order chi connectivity index (χ0) is 19.7. The molecule has 1 aromatic heterocycles. The zero-order valence-corrected chi connectivity index (χ0v) is 16.7. The highest BCUT2D eigenvalue weighted by atomic mass is 79.9. The lowest BCUT2D eigenvalue weighted by Gasteiger charge is -2.26. The van der Waals surface area contributed by atoms with E-state index in [1.807, 2.05) is 0 Å². The van der Waals surface area contributed by atoms with E-state index in [1.165, 1.54) is 10.5 Å². The lowest BCUT2D eigenvalue weighted by atomic mass is 10.2. The molecule has 0 saturated heterocycles. The van der Waals surface area contributed by atoms with Gasteiger partial charge in [0.2, 0.25) is 10.0 Å². The van der Waals surface area contributed by atoms with Crippen LogP contribution in [-0.2, 0) is 22.6 Å². The van der Waals surface area contributed by atoms with E-state index in [-0.39, 0.29) is 22.3 Å². The van der Waals surface area contributed by atoms with Gasteiger partial charge in [0.05, 0.1) is 16.7 Å². The summed E-state index contributed by atoms with van der Waals surface area (Å²) in [5.41, 5.74) is -0.922. The maximum Gasteiger partial charge on any atom is 0.416 e. The quantitative estimate of drug-likeness (QED) is 0.648. The van der Waals surface area contributed by atoms with Gasteiger partial charge in [0, 0.05) is 23.5 Å². The molecule has 0 spiro atoms. The van der Waals surface area contributed by atoms with Crippen LogP contribution in [0.25, 0.3) is 0 Å². The second-order valence-corrected chi connectivity index (χ2v) is 8.68. The largest absolute Gasteiger partial charge is 0.446 e. The topological polar surface area (TPSA) is 63.4 Å². The smallest absolute Gasteiger partial charge is 0.416 e. The van der Waals surface area contributed by atoms with Gasteiger partial charge in [-0.25, -0.2) is 13.4 Å². The number of benzene rings is 1. The average molecular weight is 455 g/mol. The molecular weight excluding hydrogens is 437 g/mol. The summed E-state index contributed by atoms with van der Waals surface area (Å²) in [7, 11) is -4.01. The summed E-state index contributed by atoms with van der Waals surface area (Å²) in [6, 6.07) is 2.09. The van der Waals surface area contributed by atoms with Gasteiger partial charge in [-0.2, -0.15) is 17.5 Å². The summed E-state index contributed by atoms with van der Waals surface area (Å²) in [6.07, 6.45) is -2.76. The van der Waals surface area contributed by atoms with Crippen molar-refractivity contribution in [1.82, 2.24) is 9.29 Å². The molecule has 0 fully saturated rings. The van der Waals surface area contributed by atoms with E-state index in [0.29, 0.717) is 11.7 Å². The van der Waals surface area contributed by atoms with Gasteiger partial charge >= 0.3 is 6.18 Å². The Morgan fingerprint density at radius 2 is 1.96 bits per heavy atom. The predicted octanol–water partition coefficient (Wildman–Crippen LogP) is 4.41. The molecule has 0 aliphatic carbocycles. The number of alkyl halides is 3. The van der Waals surface area contributed by atoms with Crippen molar-refractivity contribution < 1.29 is 26.0 Å². The molecule has 144 valence electrons. The van der Waals surface area contributed by atoms with Crippen molar-refractivity contribution in [3.63, 3.8) is 0 Å². The highest BCUT2D eigenvalue weighted by Crippen LogP contribution is 2.34. The first kappa shape index (κ1) is 20.9. The number of aryl methyl sites for hydroxylation is 1. The highest BCUT2D eigenvalue weighted by molar-refractivity contribution is 9.10. The fraction of sp³-hybridized carbons (Fsp3) is 0.438. The summed E-state index contributed by atoms with van der Waals surface area (Å²) in [5.74, 6) is 1.01. The lowest BCUT2D eigenvalue weighted by molar-refractivity contribution is -0.137. The Kier molecular flexibility index (Phi) is 6.19. The van der Waals surface area contributed by atoms with Gasteiger partial charge in [-0.05, 0) is 54.9 Å². The van der Waals surface area contributed by atoms with Gasteiger partial charge in [0.15, 0.2) is 5.89 Å². The van der Waals surface area contributed by atoms with Crippen LogP contribution in [0.5, 0.6) is 0 Å². The van der Waals surface area contributed by atoms with Crippen LogP contribution in [0, 0.1) is 6.92 Å². The third kappa shape index (κ3) is 4.66. The molecule has 1 aromatic carbocycles. The number of oxazole rings is 1. The SMILES string of the molecule is Cc1cnc(CCN(C(C)C)S(=O)(=O)c2ccc(C(F)(F)F)cc2Br)o1. The van der Waals surface area contributed by atoms with Crippen molar-refractivity contribution in [2.75, 3.05) is 6.54 Å². The minimum Gasteiger partial charge on any atom is -0.446 e. The van der Waals surface area contributed by atoms with E-state index in [0.717, 1.165) is 18.2 Å². The molecule has 10 heteroatoms. The molecular formula is C16H18BrF3N2O3S. The molecule has 0 bridgehead atoms. The van der Waals surface area contributed by atoms with E-state index < -0.39 is 27.8 Å². The first-order chi connectivity index (χ1) is 11.9. The maximum atomic E-state index is 12.9. The van der Waals surface area contributed by atoms with E-state index in [2.05, 4.69) is 20.9 Å². The van der Waals surface area contributed by atoms with E-state index in [4.69, 9.17) is 4.42 Å². The standard InChI is InChI=1S/C16H18BrF3N2O3S/c1-10(2)22(7-6-15-21-9-11(3)25-15)26(23,24)14-5-4-12(8-13(14)17)16(18,19)20/h4-5,8-10H,6-7H2,1-3H3. The van der Waals surface area contributed by atoms with Crippen molar-refractivity contribution >= 4 is 26.0 Å². The summed E-state index contributed by atoms with van der Waals surface area (Å²) in [6.45, 7) is 5.20. The fourth-order valence-corrected chi connectivity index (χ4v) is 5.07. The number of sulfonamides is 1. The molecule has 2 aromatic rings. The van der Waals surface area contributed by atoms with Crippen LogP contribution in [0.2, 0.25) is 0 Å². The van der Waals surface area contributed by atoms with Gasteiger partial charge in [0.25, 0.3) is 0 Å². The van der Waals surface area contributed by atoms with E-state index in [9.17, 15) is 21.6 Å². The number of hydrogen-bond acceptors (Lipinski definition) is 4. The third-order valence-electron chi connectivity index (χ3n) is 3.64. The molecule has 0 aliphatic rings. The van der Waals surface area contributed by atoms with Gasteiger partial charge < -0.3 is 4.42 Å². The maximum absolute atomic E-state index is 12.9. The Bertz CT molecular complexity index is 879. The molecule has 26 heavy (non-hydrogen) atoms. The van der Waals surface area contributed by atoms with Crippen LogP contribution in [0.4, 0.5) is 13.2 Å². The van der Waals surface area contributed by atoms with Crippen LogP contribution < -0.4 is 0 Å². The fourth-order valence-electron chi connectivity index (χ4n) is 2.39. The minimum absolute atomic E-state index is 0.0907. The molecule has 2 rings (SSSR count). The van der Waals surface area contributed by atoms with Gasteiger partial charge in [0.1, 0.15) is 5.76 Å². The number of aromatic nitrogens is 1. The van der Waals surface area contributed by atoms with Gasteiger partial charge in [-0.15, -0.1) is 0 Å². The van der Waals surface area contributed by atoms with E-state index >= 15 is 0 Å². The first-order valence-electron chi connectivity index (χ1n) is 7.73. The summed E-state index contributed by atoms with van der Waals surface area (Å²) >= 11 is 2.96. The van der Waals surface area contributed by atoms with Gasteiger partial charge in [-0.1, -0.05) is 0 Å². The summed E-state index contributed by atoms with van der Waals surface area (Å²) < 4.78 is 70.7. The number of hydrogen-bond donors (Lipinski definition) is 0. The van der Waals surface area contributed by atoms with Crippen LogP contribution in [-0.4, -0.2) is 30.3 Å². The van der Waals surface area contributed by atoms with Crippen molar-refractivity contribution in [1.29, 1.82) is 0 Å². The Labute approximate surface area is 158 Å². The predicted molar refractivity (Wildman–Crippen MR) is 93.1 cm³/mol. The monoisotopic (exact) mass is 454 g/mol. The molecule has 0 amide bonds. The average Bonchev–Trinajstić information content (AvgIpc) is 2.91. The van der Waals surface area contributed by atoms with Crippen molar-refractivity contribution in [3.05, 3.63) is 46.1 Å². The second-order valence-electron chi connectivity index (χ2n) is 5.97. The Balaban J connectivity index is 2.32. The number of nitrogens with zero attached hydrogens (tertiary/aromatic N) is 2. The molecule has 0 saturated carbocycles. The molecule has 0 N–H and O–H groups in total.